The van der Waals surface area contributed by atoms with Gasteiger partial charge in [-0.05, 0) is 41.5 Å². The molecule has 0 radical (unpaired) electrons. The van der Waals surface area contributed by atoms with E-state index in [1.165, 1.54) is 11.8 Å². The number of aliphatic hydroxyl groups excluding tert-OH is 1. The van der Waals surface area contributed by atoms with E-state index in [0.717, 1.165) is 32.4 Å². The molecule has 182 valence electrons. The van der Waals surface area contributed by atoms with Crippen LogP contribution in [0, 0.1) is 11.3 Å². The normalized spacial score (nSPS) is 12.6. The number of nitrogens with zero attached hydrogens (tertiary/aromatic N) is 2. The molecule has 0 fully saturated rings. The summed E-state index contributed by atoms with van der Waals surface area (Å²) in [4.78, 5) is 4.78. The first kappa shape index (κ1) is 26.6. The molecule has 36 heavy (non-hydrogen) atoms. The topological polar surface area (TPSA) is 74.0 Å². The highest BCUT2D eigenvalue weighted by Gasteiger charge is 2.18. The van der Waals surface area contributed by atoms with Gasteiger partial charge in [-0.3, -0.25) is 4.21 Å². The first-order valence-corrected chi connectivity index (χ1v) is 14.7. The first-order chi connectivity index (χ1) is 17.4. The molecule has 0 saturated carbocycles. The summed E-state index contributed by atoms with van der Waals surface area (Å²) in [5.74, 6) is 0.749. The van der Waals surface area contributed by atoms with Crippen molar-refractivity contribution < 1.29 is 9.32 Å². The summed E-state index contributed by atoms with van der Waals surface area (Å²) in [7, 11) is -1.24. The van der Waals surface area contributed by atoms with Gasteiger partial charge in [0.2, 0.25) is 0 Å². The molecule has 1 N–H and O–H groups in total. The third kappa shape index (κ3) is 7.06. The molecule has 4 rings (SSSR count). The number of thioether (sulfide) groups is 1. The van der Waals surface area contributed by atoms with Gasteiger partial charge in [-0.2, -0.15) is 5.26 Å². The molecule has 1 heterocycles. The van der Waals surface area contributed by atoms with Crippen molar-refractivity contribution in [1.29, 1.82) is 5.26 Å². The van der Waals surface area contributed by atoms with Crippen LogP contribution in [0.25, 0.3) is 22.4 Å². The second-order valence-electron chi connectivity index (χ2n) is 8.06. The molecule has 0 spiro atoms. The lowest BCUT2D eigenvalue weighted by atomic mass is 9.99. The van der Waals surface area contributed by atoms with Gasteiger partial charge in [0.05, 0.1) is 23.1 Å². The largest absolute Gasteiger partial charge is 0.391 e. The summed E-state index contributed by atoms with van der Waals surface area (Å²) in [6.07, 6.45) is -0.812. The number of aliphatic hydroxyl groups is 1. The van der Waals surface area contributed by atoms with Gasteiger partial charge in [-0.1, -0.05) is 82.1 Å². The van der Waals surface area contributed by atoms with Crippen LogP contribution >= 0.6 is 39.3 Å². The van der Waals surface area contributed by atoms with Gasteiger partial charge in [0.1, 0.15) is 11.1 Å². The lowest BCUT2D eigenvalue weighted by molar-refractivity contribution is 0.224. The number of benzene rings is 3. The lowest BCUT2D eigenvalue weighted by Gasteiger charge is -2.14. The molecule has 0 amide bonds. The molecular formula is C28H22BrClN2O2S2. The molecule has 1 aromatic heterocycles. The van der Waals surface area contributed by atoms with Crippen molar-refractivity contribution in [3.05, 3.63) is 106 Å². The molecule has 0 aliphatic rings. The maximum Gasteiger partial charge on any atom is 0.115 e. The van der Waals surface area contributed by atoms with E-state index < -0.39 is 16.9 Å². The highest BCUT2D eigenvalue weighted by atomic mass is 79.9. The van der Waals surface area contributed by atoms with Gasteiger partial charge >= 0.3 is 0 Å². The number of halogens is 2. The van der Waals surface area contributed by atoms with E-state index in [9.17, 15) is 14.6 Å². The fourth-order valence-corrected chi connectivity index (χ4v) is 6.31. The quantitative estimate of drug-likeness (QED) is 0.208. The Bertz CT molecular complexity index is 1390. The Balaban J connectivity index is 1.56. The minimum absolute atomic E-state index is 0.134. The summed E-state index contributed by atoms with van der Waals surface area (Å²) in [5, 5.41) is 21.8. The SMILES string of the molecule is N#Cc1c(-c2ccccc2)cc(-c2ccc(Br)cc2)nc1SCC(O)CS(=O)Cc1ccc(Cl)cc1. The van der Waals surface area contributed by atoms with Crippen LogP contribution in [0.2, 0.25) is 5.02 Å². The second-order valence-corrected chi connectivity index (χ2v) is 11.9. The van der Waals surface area contributed by atoms with Crippen molar-refractivity contribution in [3.8, 4) is 28.5 Å². The Kier molecular flexibility index (Phi) is 9.35. The minimum atomic E-state index is -1.24. The van der Waals surface area contributed by atoms with E-state index in [1.807, 2.05) is 72.8 Å². The Morgan fingerprint density at radius 3 is 2.39 bits per heavy atom. The van der Waals surface area contributed by atoms with E-state index in [1.54, 1.807) is 12.1 Å². The summed E-state index contributed by atoms with van der Waals surface area (Å²) >= 11 is 10.7. The molecule has 3 aromatic carbocycles. The molecule has 0 aliphatic carbocycles. The van der Waals surface area contributed by atoms with Crippen LogP contribution in [0.4, 0.5) is 0 Å². The van der Waals surface area contributed by atoms with Crippen LogP contribution in [0.15, 0.2) is 94.4 Å². The van der Waals surface area contributed by atoms with Gasteiger partial charge < -0.3 is 5.11 Å². The summed E-state index contributed by atoms with van der Waals surface area (Å²) < 4.78 is 13.6. The fourth-order valence-electron chi connectivity index (χ4n) is 3.61. The minimum Gasteiger partial charge on any atom is -0.391 e. The van der Waals surface area contributed by atoms with Crippen molar-refractivity contribution in [1.82, 2.24) is 4.98 Å². The van der Waals surface area contributed by atoms with Crippen molar-refractivity contribution in [2.75, 3.05) is 11.5 Å². The van der Waals surface area contributed by atoms with Gasteiger partial charge in [-0.15, -0.1) is 11.8 Å². The van der Waals surface area contributed by atoms with Crippen LogP contribution in [-0.4, -0.2) is 31.9 Å². The molecule has 4 nitrogen and oxygen atoms in total. The van der Waals surface area contributed by atoms with Crippen molar-refractivity contribution in [3.63, 3.8) is 0 Å². The van der Waals surface area contributed by atoms with E-state index in [2.05, 4.69) is 22.0 Å². The zero-order valence-corrected chi connectivity index (χ0v) is 23.1. The number of hydrogen-bond acceptors (Lipinski definition) is 5. The first-order valence-electron chi connectivity index (χ1n) is 11.1. The maximum absolute atomic E-state index is 12.6. The van der Waals surface area contributed by atoms with Crippen LogP contribution < -0.4 is 0 Å². The molecule has 0 bridgehead atoms. The number of aromatic nitrogens is 1. The Morgan fingerprint density at radius 1 is 1.03 bits per heavy atom. The van der Waals surface area contributed by atoms with E-state index in [4.69, 9.17) is 16.6 Å². The van der Waals surface area contributed by atoms with E-state index in [-0.39, 0.29) is 11.5 Å². The molecular weight excluding hydrogens is 576 g/mol. The molecule has 2 atom stereocenters. The number of pyridine rings is 1. The van der Waals surface area contributed by atoms with E-state index in [0.29, 0.717) is 21.4 Å². The third-order valence-electron chi connectivity index (χ3n) is 5.35. The van der Waals surface area contributed by atoms with Gasteiger partial charge in [0.25, 0.3) is 0 Å². The van der Waals surface area contributed by atoms with Gasteiger partial charge in [-0.25, -0.2) is 4.98 Å². The number of nitriles is 1. The molecule has 0 aliphatic heterocycles. The average molecular weight is 598 g/mol. The van der Waals surface area contributed by atoms with Crippen molar-refractivity contribution >= 4 is 50.1 Å². The Hall–Kier alpha value is -2.47. The maximum atomic E-state index is 12.6. The third-order valence-corrected chi connectivity index (χ3v) is 8.67. The van der Waals surface area contributed by atoms with E-state index >= 15 is 0 Å². The standard InChI is InChI=1S/C28H22BrClN2O2S2/c29-22-10-8-21(9-11-22)27-14-25(20-4-2-1-3-5-20)26(15-31)28(32-27)35-16-24(33)18-36(34)17-19-6-12-23(30)13-7-19/h1-14,24,33H,16-18H2. The van der Waals surface area contributed by atoms with Crippen LogP contribution in [0.3, 0.4) is 0 Å². The van der Waals surface area contributed by atoms with Crippen LogP contribution in [0.1, 0.15) is 11.1 Å². The summed E-state index contributed by atoms with van der Waals surface area (Å²) in [6, 6.07) is 29.0. The van der Waals surface area contributed by atoms with Crippen molar-refractivity contribution in [2.24, 2.45) is 0 Å². The van der Waals surface area contributed by atoms with Crippen LogP contribution in [-0.2, 0) is 16.6 Å². The van der Waals surface area contributed by atoms with Gasteiger partial charge in [0, 0.05) is 42.9 Å². The summed E-state index contributed by atoms with van der Waals surface area (Å²) in [6.45, 7) is 0. The predicted octanol–water partition coefficient (Wildman–Crippen LogP) is 7.11. The monoisotopic (exact) mass is 596 g/mol. The zero-order chi connectivity index (χ0) is 25.5. The van der Waals surface area contributed by atoms with Crippen LogP contribution in [0.5, 0.6) is 0 Å². The molecule has 4 aromatic rings. The fraction of sp³-hybridized carbons (Fsp3) is 0.143. The Labute approximate surface area is 231 Å². The molecule has 8 heteroatoms. The van der Waals surface area contributed by atoms with Gasteiger partial charge in [0.15, 0.2) is 0 Å². The molecule has 2 unspecified atom stereocenters. The Morgan fingerprint density at radius 2 is 1.72 bits per heavy atom. The number of rotatable bonds is 9. The second kappa shape index (κ2) is 12.7. The number of hydrogen-bond donors (Lipinski definition) is 1. The highest BCUT2D eigenvalue weighted by Crippen LogP contribution is 2.34. The predicted molar refractivity (Wildman–Crippen MR) is 152 cm³/mol. The summed E-state index contributed by atoms with van der Waals surface area (Å²) in [5.41, 5.74) is 4.73. The lowest BCUT2D eigenvalue weighted by Crippen LogP contribution is -2.20. The highest BCUT2D eigenvalue weighted by molar-refractivity contribution is 9.10. The molecule has 0 saturated heterocycles. The van der Waals surface area contributed by atoms with Crippen molar-refractivity contribution in [2.45, 2.75) is 16.9 Å². The average Bonchev–Trinajstić information content (AvgIpc) is 2.89. The smallest absolute Gasteiger partial charge is 0.115 e. The zero-order valence-electron chi connectivity index (χ0n) is 19.1.